The van der Waals surface area contributed by atoms with Crippen molar-refractivity contribution in [3.8, 4) is 0 Å². The topological polar surface area (TPSA) is 24.9 Å². The van der Waals surface area contributed by atoms with Crippen LogP contribution in [0.25, 0.3) is 21.5 Å². The molecule has 0 spiro atoms. The Kier molecular flexibility index (Phi) is 7.20. The van der Waals surface area contributed by atoms with Crippen LogP contribution in [0.3, 0.4) is 0 Å². The van der Waals surface area contributed by atoms with Crippen molar-refractivity contribution in [1.82, 2.24) is 0 Å². The Morgan fingerprint density at radius 3 is 1.13 bits per heavy atom. The maximum atomic E-state index is 6.27. The van der Waals surface area contributed by atoms with Gasteiger partial charge in [-0.3, -0.25) is 0 Å². The number of halogens is 2. The van der Waals surface area contributed by atoms with Crippen molar-refractivity contribution in [2.75, 3.05) is 9.80 Å². The van der Waals surface area contributed by atoms with Gasteiger partial charge in [-0.25, -0.2) is 0 Å². The zero-order valence-corrected chi connectivity index (χ0v) is 31.5. The lowest BCUT2D eigenvalue weighted by atomic mass is 9.91. The SMILES string of the molecule is Brc1ccc(N(c2ccc3c(c2)C2CCC3O2)c2ccc3c(ccc4cc(N(c5ccc(Br)cc5)c5ccc6c(c5)C5CCC6O5)ccc43)c2)cc1. The third-order valence-electron chi connectivity index (χ3n) is 11.6. The molecule has 4 aliphatic heterocycles. The molecule has 0 saturated carbocycles. The van der Waals surface area contributed by atoms with Gasteiger partial charge in [-0.1, -0.05) is 68.3 Å². The normalized spacial score (nSPS) is 20.8. The molecule has 4 nitrogen and oxygen atoms in total. The van der Waals surface area contributed by atoms with E-state index < -0.39 is 0 Å². The van der Waals surface area contributed by atoms with Gasteiger partial charge in [0.05, 0.1) is 24.4 Å². The smallest absolute Gasteiger partial charge is 0.0838 e. The largest absolute Gasteiger partial charge is 0.366 e. The Morgan fingerprint density at radius 1 is 0.365 bits per heavy atom. The zero-order chi connectivity index (χ0) is 34.5. The molecular formula is C46H34Br2N2O2. The van der Waals surface area contributed by atoms with Crippen molar-refractivity contribution in [3.63, 3.8) is 0 Å². The van der Waals surface area contributed by atoms with Crippen LogP contribution >= 0.6 is 31.9 Å². The number of rotatable bonds is 6. The fraction of sp³-hybridized carbons (Fsp3) is 0.174. The van der Waals surface area contributed by atoms with Crippen LogP contribution in [0.2, 0.25) is 0 Å². The summed E-state index contributed by atoms with van der Waals surface area (Å²) < 4.78 is 14.7. The van der Waals surface area contributed by atoms with E-state index in [0.717, 1.165) is 68.8 Å². The highest BCUT2D eigenvalue weighted by Crippen LogP contribution is 2.53. The second kappa shape index (κ2) is 12.0. The number of benzene rings is 7. The monoisotopic (exact) mass is 804 g/mol. The molecule has 4 heterocycles. The van der Waals surface area contributed by atoms with Crippen molar-refractivity contribution in [2.45, 2.75) is 50.1 Å². The van der Waals surface area contributed by atoms with Crippen molar-refractivity contribution in [3.05, 3.63) is 165 Å². The van der Waals surface area contributed by atoms with Gasteiger partial charge < -0.3 is 19.3 Å². The Hall–Kier alpha value is -4.46. The molecule has 4 unspecified atom stereocenters. The second-order valence-corrected chi connectivity index (χ2v) is 16.3. The highest BCUT2D eigenvalue weighted by molar-refractivity contribution is 9.10. The Labute approximate surface area is 319 Å². The minimum absolute atomic E-state index is 0.214. The predicted molar refractivity (Wildman–Crippen MR) is 218 cm³/mol. The number of anilines is 6. The van der Waals surface area contributed by atoms with E-state index in [1.165, 1.54) is 43.8 Å². The second-order valence-electron chi connectivity index (χ2n) is 14.5. The lowest BCUT2D eigenvalue weighted by Crippen LogP contribution is -2.11. The molecule has 0 N–H and O–H groups in total. The predicted octanol–water partition coefficient (Wildman–Crippen LogP) is 14.3. The third-order valence-corrected chi connectivity index (χ3v) is 12.6. The number of fused-ring (bicyclic) bond motifs is 13. The molecule has 6 heteroatoms. The lowest BCUT2D eigenvalue weighted by molar-refractivity contribution is 0.0715. The maximum absolute atomic E-state index is 6.27. The standard InChI is InChI=1S/C46H34Br2N2O2/c47-29-3-7-31(8-4-29)49(35-13-17-39-41(25-35)45-21-19-43(39)51-45)33-11-15-37-27(23-33)1-2-28-24-34(12-16-38(28)37)50(32-9-5-30(48)6-10-32)36-14-18-40-42(26-36)46-22-20-44(40)52-46/h1-18,23-26,43-46H,19-22H2. The first-order chi connectivity index (χ1) is 25.5. The maximum Gasteiger partial charge on any atom is 0.0838 e. The van der Waals surface area contributed by atoms with Crippen LogP contribution in [0.5, 0.6) is 0 Å². The van der Waals surface area contributed by atoms with Crippen molar-refractivity contribution in [1.29, 1.82) is 0 Å². The summed E-state index contributed by atoms with van der Waals surface area (Å²) in [6.07, 6.45) is 5.40. The van der Waals surface area contributed by atoms with Crippen molar-refractivity contribution >= 4 is 87.5 Å². The van der Waals surface area contributed by atoms with Gasteiger partial charge in [-0.2, -0.15) is 0 Å². The fourth-order valence-corrected chi connectivity index (χ4v) is 9.66. The molecule has 7 aromatic carbocycles. The summed E-state index contributed by atoms with van der Waals surface area (Å²) in [6.45, 7) is 0. The molecule has 2 fully saturated rings. The molecule has 4 bridgehead atoms. The van der Waals surface area contributed by atoms with Gasteiger partial charge in [0.1, 0.15) is 0 Å². The highest BCUT2D eigenvalue weighted by Gasteiger charge is 2.39. The molecule has 254 valence electrons. The summed E-state index contributed by atoms with van der Waals surface area (Å²) in [5, 5.41) is 4.90. The van der Waals surface area contributed by atoms with Crippen molar-refractivity contribution in [2.24, 2.45) is 0 Å². The lowest BCUT2D eigenvalue weighted by Gasteiger charge is -2.28. The van der Waals surface area contributed by atoms with E-state index in [1.807, 2.05) is 0 Å². The zero-order valence-electron chi connectivity index (χ0n) is 28.3. The molecule has 0 aromatic heterocycles. The summed E-state index contributed by atoms with van der Waals surface area (Å²) in [7, 11) is 0. The van der Waals surface area contributed by atoms with Crippen LogP contribution < -0.4 is 9.80 Å². The summed E-state index contributed by atoms with van der Waals surface area (Å²) >= 11 is 7.28. The summed E-state index contributed by atoms with van der Waals surface area (Å²) in [4.78, 5) is 4.74. The Bertz CT molecular complexity index is 2370. The van der Waals surface area contributed by atoms with E-state index in [1.54, 1.807) is 0 Å². The molecule has 4 aliphatic rings. The summed E-state index contributed by atoms with van der Waals surface area (Å²) in [5.41, 5.74) is 12.2. The van der Waals surface area contributed by atoms with Gasteiger partial charge >= 0.3 is 0 Å². The average molecular weight is 807 g/mol. The van der Waals surface area contributed by atoms with Gasteiger partial charge in [-0.05, 0) is 167 Å². The van der Waals surface area contributed by atoms with E-state index in [-0.39, 0.29) is 24.4 Å². The number of hydrogen-bond acceptors (Lipinski definition) is 4. The molecule has 0 radical (unpaired) electrons. The quantitative estimate of drug-likeness (QED) is 0.156. The minimum atomic E-state index is 0.214. The minimum Gasteiger partial charge on any atom is -0.366 e. The van der Waals surface area contributed by atoms with Crippen LogP contribution in [0.15, 0.2) is 142 Å². The molecule has 52 heavy (non-hydrogen) atoms. The van der Waals surface area contributed by atoms with Gasteiger partial charge in [0.25, 0.3) is 0 Å². The molecule has 0 amide bonds. The van der Waals surface area contributed by atoms with E-state index >= 15 is 0 Å². The van der Waals surface area contributed by atoms with Crippen molar-refractivity contribution < 1.29 is 9.47 Å². The molecule has 2 saturated heterocycles. The molecule has 4 atom stereocenters. The van der Waals surface area contributed by atoms with E-state index in [0.29, 0.717) is 0 Å². The molecular weight excluding hydrogens is 772 g/mol. The van der Waals surface area contributed by atoms with E-state index in [9.17, 15) is 0 Å². The first-order valence-electron chi connectivity index (χ1n) is 18.2. The Balaban J connectivity index is 1.00. The first kappa shape index (κ1) is 31.1. The van der Waals surface area contributed by atoms with Crippen LogP contribution in [0.4, 0.5) is 34.1 Å². The van der Waals surface area contributed by atoms with Gasteiger partial charge in [0.15, 0.2) is 0 Å². The van der Waals surface area contributed by atoms with E-state index in [4.69, 9.17) is 9.47 Å². The van der Waals surface area contributed by atoms with Gasteiger partial charge in [-0.15, -0.1) is 0 Å². The number of ether oxygens (including phenoxy) is 2. The van der Waals surface area contributed by atoms with Crippen LogP contribution in [0, 0.1) is 0 Å². The third kappa shape index (κ3) is 4.99. The van der Waals surface area contributed by atoms with Gasteiger partial charge in [0, 0.05) is 43.1 Å². The average Bonchev–Trinajstić information content (AvgIpc) is 4.00. The molecule has 0 aliphatic carbocycles. The fourth-order valence-electron chi connectivity index (χ4n) is 9.14. The van der Waals surface area contributed by atoms with Crippen LogP contribution in [-0.2, 0) is 9.47 Å². The number of nitrogens with zero attached hydrogens (tertiary/aromatic N) is 2. The molecule has 7 aromatic rings. The highest BCUT2D eigenvalue weighted by atomic mass is 79.9. The van der Waals surface area contributed by atoms with Crippen LogP contribution in [0.1, 0.15) is 72.4 Å². The van der Waals surface area contributed by atoms with Crippen LogP contribution in [-0.4, -0.2) is 0 Å². The summed E-state index contributed by atoms with van der Waals surface area (Å²) in [5.74, 6) is 0. The number of hydrogen-bond donors (Lipinski definition) is 0. The molecule has 11 rings (SSSR count). The Morgan fingerprint density at radius 2 is 0.712 bits per heavy atom. The van der Waals surface area contributed by atoms with Gasteiger partial charge in [0.2, 0.25) is 0 Å². The van der Waals surface area contributed by atoms with E-state index in [2.05, 4.69) is 175 Å². The first-order valence-corrected chi connectivity index (χ1v) is 19.8. The summed E-state index contributed by atoms with van der Waals surface area (Å²) in [6, 6.07) is 49.3.